The third-order valence-electron chi connectivity index (χ3n) is 4.76. The predicted octanol–water partition coefficient (Wildman–Crippen LogP) is 1.56. The van der Waals surface area contributed by atoms with Crippen LogP contribution < -0.4 is 16.0 Å². The first-order valence-corrected chi connectivity index (χ1v) is 10.6. The molecule has 0 fully saturated rings. The molecule has 0 aliphatic carbocycles. The number of hydrogen-bond acceptors (Lipinski definition) is 5. The fourth-order valence-electron chi connectivity index (χ4n) is 3.57. The van der Waals surface area contributed by atoms with Crippen LogP contribution in [0.2, 0.25) is 0 Å². The van der Waals surface area contributed by atoms with Gasteiger partial charge in [0.25, 0.3) is 5.56 Å². The van der Waals surface area contributed by atoms with Gasteiger partial charge in [0.15, 0.2) is 0 Å². The molecule has 2 aromatic carbocycles. The molecule has 4 aromatic rings. The van der Waals surface area contributed by atoms with Crippen molar-refractivity contribution >= 4 is 55.3 Å². The molecule has 1 N–H and O–H groups in total. The Hall–Kier alpha value is -2.62. The monoisotopic (exact) mass is 436 g/mol. The van der Waals surface area contributed by atoms with Crippen LogP contribution in [0.25, 0.3) is 27.2 Å². The number of aromatic nitrogens is 2. The van der Waals surface area contributed by atoms with Gasteiger partial charge in [-0.1, -0.05) is 12.1 Å². The van der Waals surface area contributed by atoms with Gasteiger partial charge < -0.3 is 4.90 Å². The minimum absolute atomic E-state index is 0. The molecule has 154 valence electrons. The third kappa shape index (κ3) is 3.57. The summed E-state index contributed by atoms with van der Waals surface area (Å²) in [6.07, 6.45) is 1.08. The summed E-state index contributed by atoms with van der Waals surface area (Å²) in [5, 5.41) is 1.91. The number of anilines is 1. The summed E-state index contributed by atoms with van der Waals surface area (Å²) < 4.78 is 28.4. The fourth-order valence-corrected chi connectivity index (χ4v) is 4.12. The van der Waals surface area contributed by atoms with Gasteiger partial charge in [0.1, 0.15) is 0 Å². The van der Waals surface area contributed by atoms with E-state index in [-0.39, 0.29) is 24.5 Å². The van der Waals surface area contributed by atoms with Crippen molar-refractivity contribution in [1.29, 1.82) is 0 Å². The van der Waals surface area contributed by atoms with Crippen molar-refractivity contribution in [2.45, 2.75) is 6.54 Å². The number of para-hydroxylation sites is 1. The lowest BCUT2D eigenvalue weighted by atomic mass is 10.1. The van der Waals surface area contributed by atoms with Gasteiger partial charge in [0.05, 0.1) is 22.7 Å². The van der Waals surface area contributed by atoms with Gasteiger partial charge in [-0.15, -0.1) is 12.4 Å². The molecule has 0 bridgehead atoms. The van der Waals surface area contributed by atoms with Gasteiger partial charge in [0.2, 0.25) is 10.0 Å². The van der Waals surface area contributed by atoms with E-state index in [1.54, 1.807) is 34.7 Å². The number of halogens is 1. The van der Waals surface area contributed by atoms with Crippen LogP contribution in [0.3, 0.4) is 0 Å². The lowest BCUT2D eigenvalue weighted by molar-refractivity contribution is 0.376. The lowest BCUT2D eigenvalue weighted by Gasteiger charge is -2.12. The molecule has 0 aliphatic heterocycles. The summed E-state index contributed by atoms with van der Waals surface area (Å²) >= 11 is 0. The molecule has 29 heavy (non-hydrogen) atoms. The Bertz CT molecular complexity index is 1440. The maximum Gasteiger partial charge on any atom is 0.336 e. The van der Waals surface area contributed by atoms with Gasteiger partial charge in [-0.2, -0.15) is 0 Å². The first-order chi connectivity index (χ1) is 13.2. The van der Waals surface area contributed by atoms with Crippen molar-refractivity contribution in [2.75, 3.05) is 31.6 Å². The van der Waals surface area contributed by atoms with Crippen molar-refractivity contribution in [1.82, 2.24) is 13.9 Å². The summed E-state index contributed by atoms with van der Waals surface area (Å²) in [6, 6.07) is 10.3. The lowest BCUT2D eigenvalue weighted by Crippen LogP contribution is -2.39. The Kier molecular flexibility index (Phi) is 5.33. The quantitative estimate of drug-likeness (QED) is 0.512. The van der Waals surface area contributed by atoms with E-state index in [1.807, 2.05) is 25.1 Å². The Balaban J connectivity index is 0.00000240. The minimum atomic E-state index is -3.43. The first-order valence-electron chi connectivity index (χ1n) is 8.73. The highest BCUT2D eigenvalue weighted by molar-refractivity contribution is 7.92. The molecule has 0 unspecified atom stereocenters. The van der Waals surface area contributed by atoms with Gasteiger partial charge >= 0.3 is 5.69 Å². The van der Waals surface area contributed by atoms with Crippen molar-refractivity contribution in [3.05, 3.63) is 57.2 Å². The third-order valence-corrected chi connectivity index (χ3v) is 5.37. The predicted molar refractivity (Wildman–Crippen MR) is 118 cm³/mol. The number of nitrogens with one attached hydrogen (secondary N) is 1. The molecule has 0 aliphatic rings. The van der Waals surface area contributed by atoms with Crippen LogP contribution in [0.4, 0.5) is 5.69 Å². The van der Waals surface area contributed by atoms with Crippen molar-refractivity contribution in [3.8, 4) is 0 Å². The zero-order valence-electron chi connectivity index (χ0n) is 16.2. The summed E-state index contributed by atoms with van der Waals surface area (Å²) in [6.45, 7) is 0.846. The summed E-state index contributed by atoms with van der Waals surface area (Å²) in [5.41, 5.74) is 0.887. The zero-order chi connectivity index (χ0) is 20.2. The molecular weight excluding hydrogens is 416 g/mol. The molecule has 8 nitrogen and oxygen atoms in total. The molecule has 4 rings (SSSR count). The van der Waals surface area contributed by atoms with Crippen LogP contribution in [0, 0.1) is 0 Å². The van der Waals surface area contributed by atoms with Crippen LogP contribution in [-0.2, 0) is 16.6 Å². The largest absolute Gasteiger partial charge is 0.336 e. The van der Waals surface area contributed by atoms with E-state index in [0.29, 0.717) is 34.0 Å². The van der Waals surface area contributed by atoms with E-state index in [4.69, 9.17) is 0 Å². The Morgan fingerprint density at radius 1 is 1.03 bits per heavy atom. The molecule has 0 saturated carbocycles. The van der Waals surface area contributed by atoms with Gasteiger partial charge in [-0.25, -0.2) is 13.2 Å². The van der Waals surface area contributed by atoms with Gasteiger partial charge in [-0.3, -0.25) is 18.5 Å². The second-order valence-corrected chi connectivity index (χ2v) is 8.93. The SMILES string of the molecule is CN(C)CCn1c(=O)c2cccc3c4cc(NS(C)(=O)=O)ccc4n(c1=O)c23.Cl. The number of benzene rings is 2. The highest BCUT2D eigenvalue weighted by Crippen LogP contribution is 2.31. The Morgan fingerprint density at radius 3 is 2.38 bits per heavy atom. The number of sulfonamides is 1. The van der Waals surface area contributed by atoms with Crippen molar-refractivity contribution in [2.24, 2.45) is 0 Å². The molecule has 0 atom stereocenters. The van der Waals surface area contributed by atoms with Crippen LogP contribution >= 0.6 is 12.4 Å². The molecule has 2 heterocycles. The van der Waals surface area contributed by atoms with Crippen LogP contribution in [0.5, 0.6) is 0 Å². The molecule has 0 saturated heterocycles. The van der Waals surface area contributed by atoms with Gasteiger partial charge in [-0.05, 0) is 38.4 Å². The first kappa shape index (κ1) is 21.1. The smallest absolute Gasteiger partial charge is 0.308 e. The Labute approximate surface area is 173 Å². The van der Waals surface area contributed by atoms with Crippen LogP contribution in [0.1, 0.15) is 0 Å². The number of nitrogens with zero attached hydrogens (tertiary/aromatic N) is 3. The average Bonchev–Trinajstić information content (AvgIpc) is 2.93. The summed E-state index contributed by atoms with van der Waals surface area (Å²) in [7, 11) is 0.334. The molecule has 0 amide bonds. The maximum absolute atomic E-state index is 13.2. The van der Waals surface area contributed by atoms with E-state index >= 15 is 0 Å². The van der Waals surface area contributed by atoms with E-state index < -0.39 is 15.7 Å². The number of likely N-dealkylation sites (N-methyl/N-ethyl adjacent to an activating group) is 1. The summed E-state index contributed by atoms with van der Waals surface area (Å²) in [5.74, 6) is 0. The molecule has 0 radical (unpaired) electrons. The molecule has 0 spiro atoms. The fraction of sp³-hybridized carbons (Fsp3) is 0.263. The van der Waals surface area contributed by atoms with E-state index in [9.17, 15) is 18.0 Å². The maximum atomic E-state index is 13.2. The second kappa shape index (κ2) is 7.33. The van der Waals surface area contributed by atoms with Crippen LogP contribution in [0.15, 0.2) is 46.0 Å². The standard InChI is InChI=1S/C19H20N4O4S.ClH/c1-21(2)9-10-22-18(24)14-6-4-5-13-15-11-12(20-28(3,26)27)7-8-16(15)23(17(13)14)19(22)25;/h4-8,11,20H,9-10H2,1-3H3;1H. The highest BCUT2D eigenvalue weighted by Gasteiger charge is 2.19. The van der Waals surface area contributed by atoms with Crippen LogP contribution in [-0.4, -0.2) is 49.2 Å². The number of hydrogen-bond donors (Lipinski definition) is 1. The molecule has 2 aromatic heterocycles. The highest BCUT2D eigenvalue weighted by atomic mass is 35.5. The average molecular weight is 437 g/mol. The topological polar surface area (TPSA) is 92.9 Å². The summed E-state index contributed by atoms with van der Waals surface area (Å²) in [4.78, 5) is 28.0. The second-order valence-electron chi connectivity index (χ2n) is 7.19. The normalized spacial score (nSPS) is 12.1. The van der Waals surface area contributed by atoms with Gasteiger partial charge in [0, 0.05) is 29.5 Å². The number of rotatable bonds is 5. The van der Waals surface area contributed by atoms with E-state index in [0.717, 1.165) is 11.6 Å². The Morgan fingerprint density at radius 2 is 1.72 bits per heavy atom. The number of fused-ring (bicyclic) bond motifs is 3. The minimum Gasteiger partial charge on any atom is -0.308 e. The van der Waals surface area contributed by atoms with E-state index in [1.165, 1.54) is 4.57 Å². The zero-order valence-corrected chi connectivity index (χ0v) is 17.8. The van der Waals surface area contributed by atoms with E-state index in [2.05, 4.69) is 4.72 Å². The molecular formula is C19H21ClN4O4S. The van der Waals surface area contributed by atoms with Crippen molar-refractivity contribution < 1.29 is 8.42 Å². The molecule has 10 heteroatoms. The van der Waals surface area contributed by atoms with Crippen molar-refractivity contribution in [3.63, 3.8) is 0 Å².